The van der Waals surface area contributed by atoms with E-state index in [-0.39, 0.29) is 11.0 Å². The van der Waals surface area contributed by atoms with Crippen molar-refractivity contribution < 1.29 is 5.11 Å². The van der Waals surface area contributed by atoms with Crippen LogP contribution in [0.1, 0.15) is 30.9 Å². The molecule has 140 valence electrons. The number of hydrogen-bond acceptors (Lipinski definition) is 3. The van der Waals surface area contributed by atoms with Crippen molar-refractivity contribution in [3.8, 4) is 5.88 Å². The molecule has 0 aliphatic rings. The number of aryl methyl sites for hydroxylation is 2. The van der Waals surface area contributed by atoms with Gasteiger partial charge in [-0.25, -0.2) is 0 Å². The van der Waals surface area contributed by atoms with Crippen LogP contribution in [-0.4, -0.2) is 14.8 Å². The molecule has 0 spiro atoms. The fourth-order valence-corrected chi connectivity index (χ4v) is 3.19. The zero-order valence-corrected chi connectivity index (χ0v) is 16.7. The molecule has 0 amide bonds. The van der Waals surface area contributed by atoms with Crippen molar-refractivity contribution in [3.63, 3.8) is 0 Å². The predicted molar refractivity (Wildman–Crippen MR) is 115 cm³/mol. The van der Waals surface area contributed by atoms with E-state index in [1.165, 1.54) is 5.56 Å². The molecule has 1 heterocycles. The highest BCUT2D eigenvalue weighted by Gasteiger charge is 2.16. The number of nitrogens with one attached hydrogen (secondary N) is 1. The summed E-state index contributed by atoms with van der Waals surface area (Å²) in [4.78, 5) is 0. The van der Waals surface area contributed by atoms with Gasteiger partial charge in [0.25, 0.3) is 0 Å². The van der Waals surface area contributed by atoms with Crippen LogP contribution in [0.5, 0.6) is 5.88 Å². The maximum atomic E-state index is 10.7. The van der Waals surface area contributed by atoms with Crippen LogP contribution in [0.2, 0.25) is 0 Å². The van der Waals surface area contributed by atoms with Crippen LogP contribution >= 0.6 is 12.2 Å². The number of aromatic hydroxyl groups is 1. The Kier molecular flexibility index (Phi) is 5.86. The number of rotatable bonds is 5. The third-order valence-corrected chi connectivity index (χ3v) is 4.92. The molecule has 0 radical (unpaired) electrons. The van der Waals surface area contributed by atoms with E-state index >= 15 is 0 Å². The van der Waals surface area contributed by atoms with Crippen LogP contribution in [0.4, 0.5) is 11.4 Å². The molecule has 3 rings (SSSR count). The van der Waals surface area contributed by atoms with Crippen LogP contribution in [0.25, 0.3) is 10.9 Å². The summed E-state index contributed by atoms with van der Waals surface area (Å²) in [7, 11) is 0. The predicted octanol–water partition coefficient (Wildman–Crippen LogP) is 6.24. The molecule has 0 aliphatic carbocycles. The highest BCUT2D eigenvalue weighted by Crippen LogP contribution is 2.39. The van der Waals surface area contributed by atoms with Gasteiger partial charge in [0.05, 0.1) is 5.52 Å². The molecule has 0 atom stereocenters. The molecule has 3 aromatic rings. The van der Waals surface area contributed by atoms with Crippen LogP contribution in [0, 0.1) is 13.8 Å². The molecular weight excluding hydrogens is 356 g/mol. The van der Waals surface area contributed by atoms with E-state index in [4.69, 9.17) is 12.2 Å². The Morgan fingerprint density at radius 1 is 1.15 bits per heavy atom. The van der Waals surface area contributed by atoms with Gasteiger partial charge < -0.3 is 15.0 Å². The fourth-order valence-electron chi connectivity index (χ4n) is 3.03. The topological polar surface area (TPSA) is 61.9 Å². The van der Waals surface area contributed by atoms with Gasteiger partial charge in [-0.3, -0.25) is 0 Å². The van der Waals surface area contributed by atoms with Crippen LogP contribution in [0.15, 0.2) is 52.7 Å². The average molecular weight is 381 g/mol. The van der Waals surface area contributed by atoms with E-state index in [1.54, 1.807) is 0 Å². The van der Waals surface area contributed by atoms with Gasteiger partial charge in [-0.1, -0.05) is 43.7 Å². The van der Waals surface area contributed by atoms with Crippen LogP contribution in [0.3, 0.4) is 0 Å². The summed E-state index contributed by atoms with van der Waals surface area (Å²) >= 11 is 5.32. The summed E-state index contributed by atoms with van der Waals surface area (Å²) in [6.07, 6.45) is 2.03. The number of aromatic nitrogens is 1. The standard InChI is InChI=1S/C21H24N4OS/c1-4-5-13-25-18-12-7-6-10-16(18)19(20(25)26)23-24-21(27)22-17-11-8-9-14(2)15(17)3/h6-12,26H,4-5,13H2,1-3H3,(H,22,27). The number of anilines is 1. The molecule has 6 heteroatoms. The minimum atomic E-state index is 0.128. The lowest BCUT2D eigenvalue weighted by molar-refractivity contribution is 0.418. The van der Waals surface area contributed by atoms with Crippen molar-refractivity contribution >= 4 is 39.6 Å². The molecule has 1 aromatic heterocycles. The quantitative estimate of drug-likeness (QED) is 0.406. The molecule has 0 fully saturated rings. The third kappa shape index (κ3) is 4.01. The second-order valence-electron chi connectivity index (χ2n) is 6.57. The molecule has 0 saturated heterocycles. The van der Waals surface area contributed by atoms with Gasteiger partial charge in [-0.05, 0) is 55.7 Å². The van der Waals surface area contributed by atoms with Gasteiger partial charge in [0.1, 0.15) is 0 Å². The molecule has 0 bridgehead atoms. The van der Waals surface area contributed by atoms with Crippen LogP contribution in [-0.2, 0) is 6.54 Å². The van der Waals surface area contributed by atoms with Crippen LogP contribution < -0.4 is 5.32 Å². The van der Waals surface area contributed by atoms with Gasteiger partial charge in [-0.15, -0.1) is 10.2 Å². The van der Waals surface area contributed by atoms with Crippen molar-refractivity contribution in [2.75, 3.05) is 5.32 Å². The van der Waals surface area contributed by atoms with Gasteiger partial charge in [-0.2, -0.15) is 0 Å². The number of nitrogens with zero attached hydrogens (tertiary/aromatic N) is 3. The largest absolute Gasteiger partial charge is 0.493 e. The van der Waals surface area contributed by atoms with Crippen molar-refractivity contribution in [1.82, 2.24) is 4.57 Å². The van der Waals surface area contributed by atoms with Gasteiger partial charge in [0.2, 0.25) is 11.0 Å². The number of para-hydroxylation sites is 1. The number of benzene rings is 2. The minimum Gasteiger partial charge on any atom is -0.493 e. The average Bonchev–Trinajstić information content (AvgIpc) is 2.93. The molecule has 0 aliphatic heterocycles. The SMILES string of the molecule is CCCCn1c(O)c(N=NC(=S)Nc2cccc(C)c2C)c2ccccc21. The lowest BCUT2D eigenvalue weighted by Crippen LogP contribution is -2.06. The Morgan fingerprint density at radius 3 is 2.70 bits per heavy atom. The second-order valence-corrected chi connectivity index (χ2v) is 6.96. The maximum Gasteiger partial charge on any atom is 0.220 e. The number of thiocarbonyl (C=S) groups is 1. The summed E-state index contributed by atoms with van der Waals surface area (Å²) in [6, 6.07) is 13.8. The number of hydrogen-bond donors (Lipinski definition) is 2. The second kappa shape index (κ2) is 8.31. The van der Waals surface area contributed by atoms with E-state index in [0.29, 0.717) is 5.69 Å². The van der Waals surface area contributed by atoms with E-state index in [9.17, 15) is 5.11 Å². The van der Waals surface area contributed by atoms with Gasteiger partial charge in [0.15, 0.2) is 5.69 Å². The van der Waals surface area contributed by atoms with E-state index in [2.05, 4.69) is 22.5 Å². The first-order valence-electron chi connectivity index (χ1n) is 9.12. The summed E-state index contributed by atoms with van der Waals surface area (Å²) in [5, 5.41) is 23.3. The Bertz CT molecular complexity index is 1010. The first-order valence-corrected chi connectivity index (χ1v) is 9.53. The molecule has 27 heavy (non-hydrogen) atoms. The highest BCUT2D eigenvalue weighted by atomic mass is 32.1. The lowest BCUT2D eigenvalue weighted by Gasteiger charge is -2.09. The van der Waals surface area contributed by atoms with Crippen molar-refractivity contribution in [2.24, 2.45) is 10.2 Å². The summed E-state index contributed by atoms with van der Waals surface area (Å²) in [5.41, 5.74) is 4.61. The normalized spacial score (nSPS) is 11.4. The number of unbranched alkanes of at least 4 members (excludes halogenated alkanes) is 1. The van der Waals surface area contributed by atoms with E-state index in [1.807, 2.05) is 60.9 Å². The molecular formula is C21H24N4OS. The Balaban J connectivity index is 1.88. The number of fused-ring (bicyclic) bond motifs is 1. The van der Waals surface area contributed by atoms with E-state index < -0.39 is 0 Å². The first-order chi connectivity index (χ1) is 13.0. The summed E-state index contributed by atoms with van der Waals surface area (Å²) < 4.78 is 1.88. The molecule has 0 saturated carbocycles. The Hall–Kier alpha value is -2.73. The molecule has 5 nitrogen and oxygen atoms in total. The summed E-state index contributed by atoms with van der Waals surface area (Å²) in [5.74, 6) is 0.128. The van der Waals surface area contributed by atoms with Crippen molar-refractivity contribution in [3.05, 3.63) is 53.6 Å². The molecule has 0 unspecified atom stereocenters. The zero-order chi connectivity index (χ0) is 19.4. The van der Waals surface area contributed by atoms with Crippen molar-refractivity contribution in [1.29, 1.82) is 0 Å². The summed E-state index contributed by atoms with van der Waals surface area (Å²) in [6.45, 7) is 6.95. The Morgan fingerprint density at radius 2 is 1.93 bits per heavy atom. The van der Waals surface area contributed by atoms with E-state index in [0.717, 1.165) is 41.5 Å². The Labute approximate surface area is 164 Å². The van der Waals surface area contributed by atoms with Crippen molar-refractivity contribution in [2.45, 2.75) is 40.2 Å². The van der Waals surface area contributed by atoms with Gasteiger partial charge >= 0.3 is 0 Å². The molecule has 2 aromatic carbocycles. The minimum absolute atomic E-state index is 0.128. The number of azo groups is 1. The lowest BCUT2D eigenvalue weighted by atomic mass is 10.1. The third-order valence-electron chi connectivity index (χ3n) is 4.74. The maximum absolute atomic E-state index is 10.7. The van der Waals surface area contributed by atoms with Gasteiger partial charge in [0, 0.05) is 17.6 Å². The molecule has 2 N–H and O–H groups in total. The fraction of sp³-hybridized carbons (Fsp3) is 0.286. The highest BCUT2D eigenvalue weighted by molar-refractivity contribution is 7.80. The monoisotopic (exact) mass is 380 g/mol. The first kappa shape index (κ1) is 19.0. The smallest absolute Gasteiger partial charge is 0.220 e. The zero-order valence-electron chi connectivity index (χ0n) is 15.9.